The Morgan fingerprint density at radius 2 is 1.59 bits per heavy atom. The third-order valence-corrected chi connectivity index (χ3v) is 6.04. The lowest BCUT2D eigenvalue weighted by Gasteiger charge is -2.29. The number of methoxy groups -OCH3 is 3. The maximum absolute atomic E-state index is 12.6. The van der Waals surface area contributed by atoms with Crippen molar-refractivity contribution in [2.45, 2.75) is 17.9 Å². The minimum absolute atomic E-state index is 0.000771. The molecule has 2 aromatic rings. The van der Waals surface area contributed by atoms with Crippen LogP contribution in [-0.4, -0.2) is 59.7 Å². The number of hydrogen-bond donors (Lipinski definition) is 1. The molecule has 1 aliphatic rings. The van der Waals surface area contributed by atoms with E-state index in [-0.39, 0.29) is 22.1 Å². The average Bonchev–Trinajstić information content (AvgIpc) is 2.79. The van der Waals surface area contributed by atoms with E-state index in [0.29, 0.717) is 31.0 Å². The second-order valence-corrected chi connectivity index (χ2v) is 8.56. The molecule has 1 aliphatic heterocycles. The maximum atomic E-state index is 12.6. The number of nitrogens with zero attached hydrogens (tertiary/aromatic N) is 1. The van der Waals surface area contributed by atoms with Crippen molar-refractivity contribution in [3.8, 4) is 17.2 Å². The lowest BCUT2D eigenvalue weighted by molar-refractivity contribution is -0.135. The highest BCUT2D eigenvalue weighted by Gasteiger charge is 2.24. The number of carbonyl (C=O) groups excluding carboxylic acids is 2. The van der Waals surface area contributed by atoms with Crippen LogP contribution in [0.2, 0.25) is 0 Å². The van der Waals surface area contributed by atoms with Crippen molar-refractivity contribution in [2.75, 3.05) is 34.5 Å². The monoisotopic (exact) mass is 464 g/mol. The van der Waals surface area contributed by atoms with Gasteiger partial charge in [-0.15, -0.1) is 0 Å². The first-order chi connectivity index (χ1) is 15.2. The van der Waals surface area contributed by atoms with Gasteiger partial charge in [0.1, 0.15) is 10.6 Å². The fraction of sp³-hybridized carbons (Fsp3) is 0.333. The predicted octanol–water partition coefficient (Wildman–Crippen LogP) is 1.10. The summed E-state index contributed by atoms with van der Waals surface area (Å²) in [5.74, 6) is -0.0386. The van der Waals surface area contributed by atoms with E-state index in [1.165, 1.54) is 26.4 Å². The Bertz CT molecular complexity index is 1150. The molecule has 1 heterocycles. The van der Waals surface area contributed by atoms with E-state index in [2.05, 4.69) is 0 Å². The fourth-order valence-corrected chi connectivity index (χ4v) is 4.15. The summed E-state index contributed by atoms with van der Waals surface area (Å²) in [6, 6.07) is 7.39. The molecular formula is C21H24N2O8S. The van der Waals surface area contributed by atoms with Gasteiger partial charge in [-0.05, 0) is 47.9 Å². The van der Waals surface area contributed by atoms with E-state index in [0.717, 1.165) is 17.2 Å². The van der Waals surface area contributed by atoms with Crippen molar-refractivity contribution in [3.63, 3.8) is 0 Å². The summed E-state index contributed by atoms with van der Waals surface area (Å²) < 4.78 is 44.1. The number of ether oxygens (including phenoxy) is 4. The van der Waals surface area contributed by atoms with Gasteiger partial charge in [0, 0.05) is 13.1 Å². The van der Waals surface area contributed by atoms with E-state index in [4.69, 9.17) is 24.1 Å². The van der Waals surface area contributed by atoms with Crippen molar-refractivity contribution in [1.29, 1.82) is 0 Å². The second-order valence-electron chi connectivity index (χ2n) is 7.03. The van der Waals surface area contributed by atoms with Crippen LogP contribution < -0.4 is 19.3 Å². The topological polar surface area (TPSA) is 134 Å². The molecule has 0 fully saturated rings. The molecular weight excluding hydrogens is 440 g/mol. The van der Waals surface area contributed by atoms with Crippen LogP contribution in [0.25, 0.3) is 0 Å². The third-order valence-electron chi connectivity index (χ3n) is 5.10. The first-order valence-corrected chi connectivity index (χ1v) is 11.1. The summed E-state index contributed by atoms with van der Waals surface area (Å²) in [5, 5.41) is 5.16. The normalized spacial score (nSPS) is 13.2. The van der Waals surface area contributed by atoms with Crippen LogP contribution in [0.4, 0.5) is 0 Å². The number of fused-ring (bicyclic) bond motifs is 1. The average molecular weight is 464 g/mol. The van der Waals surface area contributed by atoms with Gasteiger partial charge >= 0.3 is 5.97 Å². The SMILES string of the molecule is COc1cc2c(cc1OC)CN(C(=O)COC(=O)c1ccc(OC)c(S(N)(=O)=O)c1)CC2. The van der Waals surface area contributed by atoms with E-state index in [1.807, 2.05) is 12.1 Å². The number of amides is 1. The zero-order chi connectivity index (χ0) is 23.5. The highest BCUT2D eigenvalue weighted by Crippen LogP contribution is 2.33. The molecule has 0 saturated carbocycles. The smallest absolute Gasteiger partial charge is 0.338 e. The first kappa shape index (κ1) is 23.4. The molecule has 172 valence electrons. The van der Waals surface area contributed by atoms with Crippen LogP contribution in [0.5, 0.6) is 17.2 Å². The highest BCUT2D eigenvalue weighted by atomic mass is 32.2. The van der Waals surface area contributed by atoms with E-state index >= 15 is 0 Å². The number of esters is 1. The number of rotatable bonds is 7. The molecule has 1 amide bonds. The molecule has 0 saturated heterocycles. The van der Waals surface area contributed by atoms with Gasteiger partial charge in [0.05, 0.1) is 26.9 Å². The lowest BCUT2D eigenvalue weighted by atomic mass is 9.99. The van der Waals surface area contributed by atoms with Crippen LogP contribution in [0.1, 0.15) is 21.5 Å². The van der Waals surface area contributed by atoms with Crippen molar-refractivity contribution in [3.05, 3.63) is 47.0 Å². The van der Waals surface area contributed by atoms with Crippen molar-refractivity contribution in [1.82, 2.24) is 4.90 Å². The van der Waals surface area contributed by atoms with Gasteiger partial charge in [-0.25, -0.2) is 18.4 Å². The molecule has 0 spiro atoms. The molecule has 0 radical (unpaired) electrons. The first-order valence-electron chi connectivity index (χ1n) is 9.57. The fourth-order valence-electron chi connectivity index (χ4n) is 3.42. The molecule has 2 N–H and O–H groups in total. The van der Waals surface area contributed by atoms with Gasteiger partial charge in [-0.2, -0.15) is 0 Å². The summed E-state index contributed by atoms with van der Waals surface area (Å²) in [5.41, 5.74) is 1.91. The Hall–Kier alpha value is -3.31. The van der Waals surface area contributed by atoms with Gasteiger partial charge in [-0.3, -0.25) is 4.79 Å². The maximum Gasteiger partial charge on any atom is 0.338 e. The van der Waals surface area contributed by atoms with Crippen molar-refractivity contribution >= 4 is 21.9 Å². The van der Waals surface area contributed by atoms with E-state index in [1.54, 1.807) is 12.0 Å². The van der Waals surface area contributed by atoms with E-state index < -0.39 is 22.6 Å². The molecule has 0 aromatic heterocycles. The van der Waals surface area contributed by atoms with Crippen LogP contribution in [0.3, 0.4) is 0 Å². The Morgan fingerprint density at radius 3 is 2.19 bits per heavy atom. The standard InChI is InChI=1S/C21H24N2O8S/c1-28-16-5-4-14(10-19(16)32(22,26)27)21(25)31-12-20(24)23-7-6-13-8-17(29-2)18(30-3)9-15(13)11-23/h4-5,8-10H,6-7,11-12H2,1-3H3,(H2,22,26,27). The van der Waals surface area contributed by atoms with Gasteiger partial charge in [0.15, 0.2) is 18.1 Å². The number of benzene rings is 2. The minimum atomic E-state index is -4.12. The van der Waals surface area contributed by atoms with E-state index in [9.17, 15) is 18.0 Å². The highest BCUT2D eigenvalue weighted by molar-refractivity contribution is 7.89. The van der Waals surface area contributed by atoms with Gasteiger partial charge in [0.25, 0.3) is 5.91 Å². The molecule has 10 nitrogen and oxygen atoms in total. The Morgan fingerprint density at radius 1 is 0.969 bits per heavy atom. The van der Waals surface area contributed by atoms with Crippen LogP contribution in [0.15, 0.2) is 35.2 Å². The molecule has 3 rings (SSSR count). The van der Waals surface area contributed by atoms with Crippen LogP contribution >= 0.6 is 0 Å². The number of carbonyl (C=O) groups is 2. The lowest BCUT2D eigenvalue weighted by Crippen LogP contribution is -2.38. The summed E-state index contributed by atoms with van der Waals surface area (Å²) in [7, 11) is 0.264. The second kappa shape index (κ2) is 9.45. The zero-order valence-electron chi connectivity index (χ0n) is 17.9. The predicted molar refractivity (Wildman–Crippen MR) is 113 cm³/mol. The Balaban J connectivity index is 1.67. The summed E-state index contributed by atoms with van der Waals surface area (Å²) in [6.07, 6.45) is 0.617. The largest absolute Gasteiger partial charge is 0.495 e. The Kier molecular flexibility index (Phi) is 6.90. The zero-order valence-corrected chi connectivity index (χ0v) is 18.7. The van der Waals surface area contributed by atoms with Gasteiger partial charge < -0.3 is 23.8 Å². The quantitative estimate of drug-likeness (QED) is 0.602. The number of hydrogen-bond acceptors (Lipinski definition) is 8. The number of primary sulfonamides is 1. The summed E-state index contributed by atoms with van der Waals surface area (Å²) >= 11 is 0. The van der Waals surface area contributed by atoms with Crippen LogP contribution in [-0.2, 0) is 32.5 Å². The van der Waals surface area contributed by atoms with Crippen molar-refractivity contribution in [2.24, 2.45) is 5.14 Å². The molecule has 11 heteroatoms. The molecule has 2 aromatic carbocycles. The third kappa shape index (κ3) is 4.94. The summed E-state index contributed by atoms with van der Waals surface area (Å²) in [6.45, 7) is 0.305. The molecule has 32 heavy (non-hydrogen) atoms. The number of nitrogens with two attached hydrogens (primary N) is 1. The molecule has 0 bridgehead atoms. The molecule has 0 atom stereocenters. The van der Waals surface area contributed by atoms with Gasteiger partial charge in [0.2, 0.25) is 10.0 Å². The molecule has 0 unspecified atom stereocenters. The van der Waals surface area contributed by atoms with Gasteiger partial charge in [-0.1, -0.05) is 0 Å². The molecule has 0 aliphatic carbocycles. The Labute approximate surface area is 185 Å². The number of sulfonamides is 1. The van der Waals surface area contributed by atoms with Crippen molar-refractivity contribution < 1.29 is 37.0 Å². The summed E-state index contributed by atoms with van der Waals surface area (Å²) in [4.78, 5) is 26.2. The minimum Gasteiger partial charge on any atom is -0.495 e. The van der Waals surface area contributed by atoms with Crippen LogP contribution in [0, 0.1) is 0 Å².